The largest absolute Gasteiger partial charge is 0.298 e. The molecule has 0 radical (unpaired) electrons. The number of halogens is 1. The highest BCUT2D eigenvalue weighted by molar-refractivity contribution is 5.79. The molecule has 1 aromatic carbocycles. The van der Waals surface area contributed by atoms with Gasteiger partial charge in [-0.1, -0.05) is 12.6 Å². The van der Waals surface area contributed by atoms with Gasteiger partial charge in [-0.15, -0.1) is 0 Å². The maximum Gasteiger partial charge on any atom is 0.145 e. The van der Waals surface area contributed by atoms with Crippen molar-refractivity contribution in [1.29, 1.82) is 0 Å². The Kier molecular flexibility index (Phi) is 3.32. The number of hydrogen-bond acceptors (Lipinski definition) is 2. The van der Waals surface area contributed by atoms with Crippen LogP contribution in [0.2, 0.25) is 0 Å². The Morgan fingerprint density at radius 1 is 1.53 bits per heavy atom. The molecule has 0 saturated heterocycles. The number of aldehydes is 1. The van der Waals surface area contributed by atoms with Crippen LogP contribution in [0.25, 0.3) is 10.9 Å². The maximum absolute atomic E-state index is 13.4. The molecule has 0 atom stereocenters. The summed E-state index contributed by atoms with van der Waals surface area (Å²) < 4.78 is 15.1. The molecule has 4 heteroatoms. The van der Waals surface area contributed by atoms with Gasteiger partial charge in [0.2, 0.25) is 0 Å². The van der Waals surface area contributed by atoms with E-state index >= 15 is 0 Å². The summed E-state index contributed by atoms with van der Waals surface area (Å²) in [5.74, 6) is -0.258. The second-order valence-electron chi connectivity index (χ2n) is 3.92. The van der Waals surface area contributed by atoms with Crippen LogP contribution in [0.15, 0.2) is 36.5 Å². The molecule has 0 aliphatic heterocycles. The summed E-state index contributed by atoms with van der Waals surface area (Å²) in [6.45, 7) is 4.26. The van der Waals surface area contributed by atoms with Crippen LogP contribution in [0.3, 0.4) is 0 Å². The maximum atomic E-state index is 13.4. The van der Waals surface area contributed by atoms with Crippen molar-refractivity contribution in [2.45, 2.75) is 19.4 Å². The number of carbonyl (C=O) groups is 1. The standard InChI is InChI=1S/C13H13FN2O/c1-10(9-17)4-3-7-16-13-6-2-5-12(14)11(13)8-15-16/h2,5-6,8-9H,1,3-4,7H2. The van der Waals surface area contributed by atoms with E-state index in [9.17, 15) is 9.18 Å². The molecule has 0 amide bonds. The predicted octanol–water partition coefficient (Wildman–Crippen LogP) is 2.71. The number of hydrogen-bond donors (Lipinski definition) is 0. The molecular weight excluding hydrogens is 219 g/mol. The summed E-state index contributed by atoms with van der Waals surface area (Å²) in [5, 5.41) is 4.67. The second kappa shape index (κ2) is 4.91. The Labute approximate surface area is 98.5 Å². The molecule has 0 spiro atoms. The fourth-order valence-electron chi connectivity index (χ4n) is 1.76. The van der Waals surface area contributed by atoms with Gasteiger partial charge in [0.15, 0.2) is 0 Å². The molecule has 1 heterocycles. The van der Waals surface area contributed by atoms with Gasteiger partial charge >= 0.3 is 0 Å². The molecule has 0 N–H and O–H groups in total. The van der Waals surface area contributed by atoms with Gasteiger partial charge in [0.25, 0.3) is 0 Å². The van der Waals surface area contributed by atoms with Crippen molar-refractivity contribution >= 4 is 17.2 Å². The van der Waals surface area contributed by atoms with E-state index in [0.29, 0.717) is 23.9 Å². The highest BCUT2D eigenvalue weighted by atomic mass is 19.1. The van der Waals surface area contributed by atoms with Gasteiger partial charge in [0.1, 0.15) is 12.1 Å². The first-order valence-electron chi connectivity index (χ1n) is 5.45. The van der Waals surface area contributed by atoms with E-state index in [1.54, 1.807) is 10.7 Å². The average molecular weight is 232 g/mol. The van der Waals surface area contributed by atoms with E-state index in [1.165, 1.54) is 12.3 Å². The minimum atomic E-state index is -0.258. The molecule has 0 fully saturated rings. The van der Waals surface area contributed by atoms with E-state index in [1.807, 2.05) is 6.07 Å². The quantitative estimate of drug-likeness (QED) is 0.587. The highest BCUT2D eigenvalue weighted by Gasteiger charge is 2.06. The Morgan fingerprint density at radius 2 is 2.35 bits per heavy atom. The first-order valence-corrected chi connectivity index (χ1v) is 5.45. The van der Waals surface area contributed by atoms with Crippen molar-refractivity contribution in [3.8, 4) is 0 Å². The lowest BCUT2D eigenvalue weighted by Crippen LogP contribution is -2.00. The molecular formula is C13H13FN2O. The first-order chi connectivity index (χ1) is 8.22. The van der Waals surface area contributed by atoms with Gasteiger partial charge < -0.3 is 0 Å². The van der Waals surface area contributed by atoms with E-state index in [0.717, 1.165) is 18.2 Å². The Morgan fingerprint density at radius 3 is 3.12 bits per heavy atom. The van der Waals surface area contributed by atoms with Gasteiger partial charge in [-0.05, 0) is 30.5 Å². The summed E-state index contributed by atoms with van der Waals surface area (Å²) >= 11 is 0. The smallest absolute Gasteiger partial charge is 0.145 e. The first kappa shape index (κ1) is 11.5. The van der Waals surface area contributed by atoms with Crippen LogP contribution in [0.1, 0.15) is 12.8 Å². The Hall–Kier alpha value is -1.97. The van der Waals surface area contributed by atoms with E-state index < -0.39 is 0 Å². The number of nitrogens with zero attached hydrogens (tertiary/aromatic N) is 2. The van der Waals surface area contributed by atoms with Crippen molar-refractivity contribution in [3.05, 3.63) is 42.4 Å². The number of rotatable bonds is 5. The summed E-state index contributed by atoms with van der Waals surface area (Å²) in [7, 11) is 0. The number of benzene rings is 1. The molecule has 0 aliphatic carbocycles. The fraction of sp³-hybridized carbons (Fsp3) is 0.231. The Bertz CT molecular complexity index is 560. The van der Waals surface area contributed by atoms with E-state index in [4.69, 9.17) is 0 Å². The van der Waals surface area contributed by atoms with Crippen molar-refractivity contribution in [3.63, 3.8) is 0 Å². The third kappa shape index (κ3) is 2.41. The van der Waals surface area contributed by atoms with Crippen LogP contribution in [0.4, 0.5) is 4.39 Å². The number of aromatic nitrogens is 2. The number of carbonyl (C=O) groups excluding carboxylic acids is 1. The zero-order chi connectivity index (χ0) is 12.3. The second-order valence-corrected chi connectivity index (χ2v) is 3.92. The van der Waals surface area contributed by atoms with Crippen molar-refractivity contribution < 1.29 is 9.18 Å². The molecule has 2 aromatic rings. The van der Waals surface area contributed by atoms with E-state index in [2.05, 4.69) is 11.7 Å². The van der Waals surface area contributed by atoms with Gasteiger partial charge in [-0.2, -0.15) is 5.10 Å². The van der Waals surface area contributed by atoms with Crippen molar-refractivity contribution in [2.24, 2.45) is 0 Å². The lowest BCUT2D eigenvalue weighted by Gasteiger charge is -2.03. The molecule has 0 bridgehead atoms. The highest BCUT2D eigenvalue weighted by Crippen LogP contribution is 2.17. The molecule has 17 heavy (non-hydrogen) atoms. The van der Waals surface area contributed by atoms with Crippen LogP contribution in [0.5, 0.6) is 0 Å². The SMILES string of the molecule is C=C(C=O)CCCn1ncc2c(F)cccc21. The molecule has 0 saturated carbocycles. The minimum absolute atomic E-state index is 0.258. The molecule has 2 rings (SSSR count). The van der Waals surface area contributed by atoms with E-state index in [-0.39, 0.29) is 5.82 Å². The molecule has 3 nitrogen and oxygen atoms in total. The van der Waals surface area contributed by atoms with Crippen LogP contribution in [0, 0.1) is 5.82 Å². The van der Waals surface area contributed by atoms with Crippen LogP contribution in [-0.4, -0.2) is 16.1 Å². The zero-order valence-corrected chi connectivity index (χ0v) is 9.40. The molecule has 1 aromatic heterocycles. The normalized spacial score (nSPS) is 10.6. The lowest BCUT2D eigenvalue weighted by atomic mass is 10.2. The lowest BCUT2D eigenvalue weighted by molar-refractivity contribution is -0.105. The number of aryl methyl sites for hydroxylation is 1. The summed E-state index contributed by atoms with van der Waals surface area (Å²) in [4.78, 5) is 10.4. The van der Waals surface area contributed by atoms with Crippen LogP contribution in [-0.2, 0) is 11.3 Å². The third-order valence-electron chi connectivity index (χ3n) is 2.67. The fourth-order valence-corrected chi connectivity index (χ4v) is 1.76. The average Bonchev–Trinajstić information content (AvgIpc) is 2.74. The monoisotopic (exact) mass is 232 g/mol. The van der Waals surface area contributed by atoms with Gasteiger partial charge in [-0.3, -0.25) is 9.48 Å². The zero-order valence-electron chi connectivity index (χ0n) is 9.40. The van der Waals surface area contributed by atoms with Crippen LogP contribution >= 0.6 is 0 Å². The predicted molar refractivity (Wildman–Crippen MR) is 64.1 cm³/mol. The summed E-state index contributed by atoms with van der Waals surface area (Å²) in [6.07, 6.45) is 3.70. The molecule has 88 valence electrons. The number of allylic oxidation sites excluding steroid dienone is 1. The summed E-state index contributed by atoms with van der Waals surface area (Å²) in [5.41, 5.74) is 1.36. The Balaban J connectivity index is 2.12. The topological polar surface area (TPSA) is 34.9 Å². The van der Waals surface area contributed by atoms with Gasteiger partial charge in [-0.25, -0.2) is 4.39 Å². The van der Waals surface area contributed by atoms with Gasteiger partial charge in [0.05, 0.1) is 17.1 Å². The summed E-state index contributed by atoms with van der Waals surface area (Å²) in [6, 6.07) is 4.92. The van der Waals surface area contributed by atoms with Crippen LogP contribution < -0.4 is 0 Å². The minimum Gasteiger partial charge on any atom is -0.298 e. The van der Waals surface area contributed by atoms with Crippen molar-refractivity contribution in [2.75, 3.05) is 0 Å². The van der Waals surface area contributed by atoms with Gasteiger partial charge in [0, 0.05) is 6.54 Å². The number of fused-ring (bicyclic) bond motifs is 1. The molecule has 0 aliphatic rings. The molecule has 0 unspecified atom stereocenters. The van der Waals surface area contributed by atoms with Crippen molar-refractivity contribution in [1.82, 2.24) is 9.78 Å². The third-order valence-corrected chi connectivity index (χ3v) is 2.67.